The lowest BCUT2D eigenvalue weighted by Crippen LogP contribution is -2.44. The van der Waals surface area contributed by atoms with Gasteiger partial charge in [-0.1, -0.05) is 19.1 Å². The van der Waals surface area contributed by atoms with Gasteiger partial charge in [0.15, 0.2) is 0 Å². The lowest BCUT2D eigenvalue weighted by Gasteiger charge is -2.21. The fourth-order valence-corrected chi connectivity index (χ4v) is 1.38. The molecule has 0 heterocycles. The Morgan fingerprint density at radius 1 is 1.59 bits per heavy atom. The molecule has 1 aromatic carbocycles. The van der Waals surface area contributed by atoms with Crippen molar-refractivity contribution in [3.8, 4) is 6.07 Å². The molecule has 0 aliphatic heterocycles. The van der Waals surface area contributed by atoms with E-state index in [1.165, 1.54) is 12.1 Å². The standard InChI is InChI=1S/C13H15FN2O/c1-3-13(2,9-15)16-12(17)8-10-5-4-6-11(14)7-10/h4-7H,3,8H2,1-2H3,(H,16,17). The molecule has 0 saturated heterocycles. The molecule has 0 radical (unpaired) electrons. The van der Waals surface area contributed by atoms with Crippen molar-refractivity contribution < 1.29 is 9.18 Å². The van der Waals surface area contributed by atoms with Crippen molar-refractivity contribution in [3.63, 3.8) is 0 Å². The van der Waals surface area contributed by atoms with E-state index < -0.39 is 5.54 Å². The monoisotopic (exact) mass is 234 g/mol. The summed E-state index contributed by atoms with van der Waals surface area (Å²) in [5.41, 5.74) is -0.261. The van der Waals surface area contributed by atoms with Crippen LogP contribution in [-0.2, 0) is 11.2 Å². The van der Waals surface area contributed by atoms with Crippen LogP contribution >= 0.6 is 0 Å². The van der Waals surface area contributed by atoms with E-state index >= 15 is 0 Å². The summed E-state index contributed by atoms with van der Waals surface area (Å²) < 4.78 is 12.9. The molecule has 0 bridgehead atoms. The van der Waals surface area contributed by atoms with Gasteiger partial charge in [0.05, 0.1) is 12.5 Å². The van der Waals surface area contributed by atoms with Gasteiger partial charge in [-0.25, -0.2) is 4.39 Å². The number of rotatable bonds is 4. The lowest BCUT2D eigenvalue weighted by atomic mass is 10.0. The Kier molecular flexibility index (Phi) is 4.22. The van der Waals surface area contributed by atoms with E-state index in [4.69, 9.17) is 5.26 Å². The Morgan fingerprint density at radius 3 is 2.82 bits per heavy atom. The summed E-state index contributed by atoms with van der Waals surface area (Å²) in [6.07, 6.45) is 0.605. The molecule has 4 heteroatoms. The molecular weight excluding hydrogens is 219 g/mol. The van der Waals surface area contributed by atoms with E-state index in [0.717, 1.165) is 0 Å². The van der Waals surface area contributed by atoms with Gasteiger partial charge in [-0.15, -0.1) is 0 Å². The number of halogens is 1. The normalized spacial score (nSPS) is 13.5. The van der Waals surface area contributed by atoms with Gasteiger partial charge in [0.25, 0.3) is 0 Å². The van der Waals surface area contributed by atoms with Gasteiger partial charge in [0.2, 0.25) is 5.91 Å². The molecule has 0 aromatic heterocycles. The van der Waals surface area contributed by atoms with E-state index in [9.17, 15) is 9.18 Å². The molecule has 0 saturated carbocycles. The van der Waals surface area contributed by atoms with Crippen LogP contribution in [0.15, 0.2) is 24.3 Å². The highest BCUT2D eigenvalue weighted by Gasteiger charge is 2.23. The molecule has 1 rings (SSSR count). The Hall–Kier alpha value is -1.89. The van der Waals surface area contributed by atoms with Crippen LogP contribution in [0.25, 0.3) is 0 Å². The number of benzene rings is 1. The summed E-state index contributed by atoms with van der Waals surface area (Å²) in [5, 5.41) is 11.6. The topological polar surface area (TPSA) is 52.9 Å². The molecule has 1 amide bonds. The van der Waals surface area contributed by atoms with Gasteiger partial charge in [-0.2, -0.15) is 5.26 Å². The van der Waals surface area contributed by atoms with Gasteiger partial charge >= 0.3 is 0 Å². The largest absolute Gasteiger partial charge is 0.338 e. The number of amides is 1. The molecule has 0 aliphatic carbocycles. The SMILES string of the molecule is CCC(C)(C#N)NC(=O)Cc1cccc(F)c1. The smallest absolute Gasteiger partial charge is 0.225 e. The second-order valence-electron chi connectivity index (χ2n) is 4.15. The molecule has 0 fully saturated rings. The van der Waals surface area contributed by atoms with Gasteiger partial charge in [0, 0.05) is 0 Å². The second-order valence-corrected chi connectivity index (χ2v) is 4.15. The average Bonchev–Trinajstić information content (AvgIpc) is 2.28. The summed E-state index contributed by atoms with van der Waals surface area (Å²) in [7, 11) is 0. The number of nitrogens with one attached hydrogen (secondary N) is 1. The Labute approximate surface area is 100 Å². The first-order chi connectivity index (χ1) is 7.99. The number of nitrogens with zero attached hydrogens (tertiary/aromatic N) is 1. The van der Waals surface area contributed by atoms with E-state index in [1.54, 1.807) is 19.1 Å². The highest BCUT2D eigenvalue weighted by atomic mass is 19.1. The fourth-order valence-electron chi connectivity index (χ4n) is 1.38. The lowest BCUT2D eigenvalue weighted by molar-refractivity contribution is -0.121. The summed E-state index contributed by atoms with van der Waals surface area (Å²) in [5.74, 6) is -0.643. The predicted molar refractivity (Wildman–Crippen MR) is 62.6 cm³/mol. The maximum Gasteiger partial charge on any atom is 0.225 e. The number of nitriles is 1. The maximum absolute atomic E-state index is 12.9. The minimum absolute atomic E-state index is 0.0784. The fraction of sp³-hybridized carbons (Fsp3) is 0.385. The van der Waals surface area contributed by atoms with Crippen molar-refractivity contribution in [1.29, 1.82) is 5.26 Å². The summed E-state index contributed by atoms with van der Waals surface area (Å²) in [6.45, 7) is 3.49. The summed E-state index contributed by atoms with van der Waals surface area (Å²) >= 11 is 0. The zero-order valence-electron chi connectivity index (χ0n) is 9.96. The van der Waals surface area contributed by atoms with Crippen LogP contribution in [0.4, 0.5) is 4.39 Å². The third-order valence-corrected chi connectivity index (χ3v) is 2.62. The first-order valence-electron chi connectivity index (χ1n) is 5.46. The molecule has 17 heavy (non-hydrogen) atoms. The van der Waals surface area contributed by atoms with Crippen molar-refractivity contribution in [2.45, 2.75) is 32.2 Å². The summed E-state index contributed by atoms with van der Waals surface area (Å²) in [6, 6.07) is 7.93. The first kappa shape index (κ1) is 13.2. The van der Waals surface area contributed by atoms with Gasteiger partial charge in [0.1, 0.15) is 11.4 Å². The third-order valence-electron chi connectivity index (χ3n) is 2.62. The highest BCUT2D eigenvalue weighted by molar-refractivity contribution is 5.79. The van der Waals surface area contributed by atoms with Crippen molar-refractivity contribution in [3.05, 3.63) is 35.6 Å². The van der Waals surface area contributed by atoms with E-state index in [-0.39, 0.29) is 18.1 Å². The highest BCUT2D eigenvalue weighted by Crippen LogP contribution is 2.09. The Morgan fingerprint density at radius 2 is 2.29 bits per heavy atom. The predicted octanol–water partition coefficient (Wildman–Crippen LogP) is 2.18. The maximum atomic E-state index is 12.9. The molecule has 1 aromatic rings. The van der Waals surface area contributed by atoms with Crippen LogP contribution in [0.5, 0.6) is 0 Å². The van der Waals surface area contributed by atoms with Crippen molar-refractivity contribution in [1.82, 2.24) is 5.32 Å². The minimum Gasteiger partial charge on any atom is -0.338 e. The molecular formula is C13H15FN2O. The van der Waals surface area contributed by atoms with Crippen LogP contribution in [0.1, 0.15) is 25.8 Å². The number of carbonyl (C=O) groups excluding carboxylic acids is 1. The average molecular weight is 234 g/mol. The van der Waals surface area contributed by atoms with Gasteiger partial charge < -0.3 is 5.32 Å². The molecule has 0 spiro atoms. The van der Waals surface area contributed by atoms with E-state index in [1.807, 2.05) is 6.92 Å². The van der Waals surface area contributed by atoms with Gasteiger partial charge in [-0.05, 0) is 31.0 Å². The van der Waals surface area contributed by atoms with Crippen LogP contribution < -0.4 is 5.32 Å². The Bertz CT molecular complexity index is 453. The quantitative estimate of drug-likeness (QED) is 0.868. The molecule has 0 aliphatic rings. The third kappa shape index (κ3) is 3.87. The number of hydrogen-bond acceptors (Lipinski definition) is 2. The zero-order chi connectivity index (χ0) is 12.9. The van der Waals surface area contributed by atoms with Gasteiger partial charge in [-0.3, -0.25) is 4.79 Å². The molecule has 3 nitrogen and oxygen atoms in total. The number of carbonyl (C=O) groups is 1. The molecule has 90 valence electrons. The van der Waals surface area contributed by atoms with Crippen molar-refractivity contribution in [2.75, 3.05) is 0 Å². The second kappa shape index (κ2) is 5.44. The van der Waals surface area contributed by atoms with Crippen LogP contribution in [-0.4, -0.2) is 11.4 Å². The van der Waals surface area contributed by atoms with Crippen LogP contribution in [0.2, 0.25) is 0 Å². The van der Waals surface area contributed by atoms with E-state index in [2.05, 4.69) is 11.4 Å². The molecule has 1 unspecified atom stereocenters. The van der Waals surface area contributed by atoms with Crippen LogP contribution in [0.3, 0.4) is 0 Å². The number of hydrogen-bond donors (Lipinski definition) is 1. The van der Waals surface area contributed by atoms with E-state index in [0.29, 0.717) is 12.0 Å². The first-order valence-corrected chi connectivity index (χ1v) is 5.46. The van der Waals surface area contributed by atoms with Crippen LogP contribution in [0, 0.1) is 17.1 Å². The van der Waals surface area contributed by atoms with Crippen molar-refractivity contribution in [2.24, 2.45) is 0 Å². The Balaban J connectivity index is 2.65. The summed E-state index contributed by atoms with van der Waals surface area (Å²) in [4.78, 5) is 11.7. The van der Waals surface area contributed by atoms with Crippen molar-refractivity contribution >= 4 is 5.91 Å². The zero-order valence-corrected chi connectivity index (χ0v) is 9.96. The molecule has 1 atom stereocenters. The minimum atomic E-state index is -0.857. The molecule has 1 N–H and O–H groups in total.